The van der Waals surface area contributed by atoms with Crippen molar-refractivity contribution in [3.63, 3.8) is 0 Å². The van der Waals surface area contributed by atoms with Gasteiger partial charge in [0.05, 0.1) is 4.92 Å². The number of amides is 1. The van der Waals surface area contributed by atoms with Gasteiger partial charge in [-0.2, -0.15) is 0 Å². The van der Waals surface area contributed by atoms with Crippen LogP contribution in [0.3, 0.4) is 0 Å². The van der Waals surface area contributed by atoms with Crippen LogP contribution in [0, 0.1) is 15.5 Å². The van der Waals surface area contributed by atoms with E-state index in [9.17, 15) is 14.9 Å². The summed E-state index contributed by atoms with van der Waals surface area (Å²) in [5, 5.41) is 16.9. The van der Waals surface area contributed by atoms with Crippen LogP contribution in [-0.4, -0.2) is 30.5 Å². The number of piperidine rings is 1. The van der Waals surface area contributed by atoms with Crippen LogP contribution in [0.15, 0.2) is 24.3 Å². The van der Waals surface area contributed by atoms with Gasteiger partial charge in [-0.25, -0.2) is 0 Å². The van der Waals surface area contributed by atoms with E-state index in [1.807, 2.05) is 0 Å². The van der Waals surface area contributed by atoms with Crippen LogP contribution in [0.2, 0.25) is 0 Å². The predicted molar refractivity (Wildman–Crippen MR) is 75.6 cm³/mol. The second kappa shape index (κ2) is 6.00. The Balaban J connectivity index is 1.98. The average molecular weight is 277 g/mol. The third-order valence-electron chi connectivity index (χ3n) is 3.68. The molecule has 6 heteroatoms. The molecule has 2 rings (SSSR count). The van der Waals surface area contributed by atoms with Crippen LogP contribution < -0.4 is 10.6 Å². The summed E-state index contributed by atoms with van der Waals surface area (Å²) in [6.45, 7) is 4.60. The zero-order valence-corrected chi connectivity index (χ0v) is 11.5. The number of carbonyl (C=O) groups excluding carboxylic acids is 1. The molecule has 0 aliphatic carbocycles. The molecule has 0 radical (unpaired) electrons. The van der Waals surface area contributed by atoms with Crippen molar-refractivity contribution >= 4 is 11.6 Å². The van der Waals surface area contributed by atoms with E-state index < -0.39 is 4.92 Å². The third kappa shape index (κ3) is 3.54. The molecule has 1 unspecified atom stereocenters. The average Bonchev–Trinajstić information content (AvgIpc) is 2.46. The van der Waals surface area contributed by atoms with Gasteiger partial charge in [0.2, 0.25) is 0 Å². The van der Waals surface area contributed by atoms with Crippen LogP contribution in [-0.2, 0) is 0 Å². The van der Waals surface area contributed by atoms with E-state index >= 15 is 0 Å². The summed E-state index contributed by atoms with van der Waals surface area (Å²) in [6, 6.07) is 5.79. The SMILES string of the molecule is CC1(CNC(=O)c2cccc([N+](=O)[O-])c2)CCCNC1. The summed E-state index contributed by atoms with van der Waals surface area (Å²) in [7, 11) is 0. The van der Waals surface area contributed by atoms with Crippen LogP contribution in [0.1, 0.15) is 30.1 Å². The number of nitrogens with one attached hydrogen (secondary N) is 2. The third-order valence-corrected chi connectivity index (χ3v) is 3.68. The Hall–Kier alpha value is -1.95. The Bertz CT molecular complexity index is 510. The molecule has 2 N–H and O–H groups in total. The Morgan fingerprint density at radius 2 is 2.35 bits per heavy atom. The molecule has 1 amide bonds. The molecule has 108 valence electrons. The zero-order valence-electron chi connectivity index (χ0n) is 11.5. The van der Waals surface area contributed by atoms with Gasteiger partial charge in [0.25, 0.3) is 11.6 Å². The van der Waals surface area contributed by atoms with Crippen molar-refractivity contribution in [1.29, 1.82) is 0 Å². The smallest absolute Gasteiger partial charge is 0.270 e. The summed E-state index contributed by atoms with van der Waals surface area (Å²) in [4.78, 5) is 22.3. The second-order valence-electron chi connectivity index (χ2n) is 5.58. The van der Waals surface area contributed by atoms with Crippen LogP contribution >= 0.6 is 0 Å². The number of carbonyl (C=O) groups is 1. The molecule has 20 heavy (non-hydrogen) atoms. The molecule has 1 heterocycles. The van der Waals surface area contributed by atoms with E-state index in [0.29, 0.717) is 12.1 Å². The number of rotatable bonds is 4. The lowest BCUT2D eigenvalue weighted by Crippen LogP contribution is -2.45. The van der Waals surface area contributed by atoms with Gasteiger partial charge in [-0.3, -0.25) is 14.9 Å². The molecule has 1 fully saturated rings. The van der Waals surface area contributed by atoms with Crippen molar-refractivity contribution in [1.82, 2.24) is 10.6 Å². The molecule has 0 aromatic heterocycles. The molecule has 1 aliphatic heterocycles. The highest BCUT2D eigenvalue weighted by molar-refractivity contribution is 5.94. The number of nitrogens with zero attached hydrogens (tertiary/aromatic N) is 1. The number of hydrogen-bond donors (Lipinski definition) is 2. The topological polar surface area (TPSA) is 84.3 Å². The van der Waals surface area contributed by atoms with E-state index in [-0.39, 0.29) is 17.0 Å². The van der Waals surface area contributed by atoms with Gasteiger partial charge in [0, 0.05) is 30.8 Å². The monoisotopic (exact) mass is 277 g/mol. The Labute approximate surface area is 117 Å². The van der Waals surface area contributed by atoms with E-state index in [0.717, 1.165) is 25.9 Å². The van der Waals surface area contributed by atoms with Crippen molar-refractivity contribution in [2.24, 2.45) is 5.41 Å². The number of nitro groups is 1. The normalized spacial score (nSPS) is 22.2. The van der Waals surface area contributed by atoms with Gasteiger partial charge in [0.1, 0.15) is 0 Å². The van der Waals surface area contributed by atoms with Gasteiger partial charge in [-0.15, -0.1) is 0 Å². The summed E-state index contributed by atoms with van der Waals surface area (Å²) in [5.41, 5.74) is 0.309. The second-order valence-corrected chi connectivity index (χ2v) is 5.58. The zero-order chi connectivity index (χ0) is 14.6. The van der Waals surface area contributed by atoms with E-state index in [2.05, 4.69) is 17.6 Å². The van der Waals surface area contributed by atoms with Gasteiger partial charge < -0.3 is 10.6 Å². The Kier molecular flexibility index (Phi) is 4.34. The molecule has 1 saturated heterocycles. The van der Waals surface area contributed by atoms with E-state index in [1.165, 1.54) is 18.2 Å². The first-order valence-electron chi connectivity index (χ1n) is 6.74. The lowest BCUT2D eigenvalue weighted by molar-refractivity contribution is -0.384. The van der Waals surface area contributed by atoms with Gasteiger partial charge in [-0.1, -0.05) is 13.0 Å². The number of benzene rings is 1. The molecule has 0 saturated carbocycles. The molecule has 6 nitrogen and oxygen atoms in total. The highest BCUT2D eigenvalue weighted by Crippen LogP contribution is 2.24. The fourth-order valence-corrected chi connectivity index (χ4v) is 2.43. The standard InChI is InChI=1S/C14H19N3O3/c1-14(6-3-7-15-9-14)10-16-13(18)11-4-2-5-12(8-11)17(19)20/h2,4-5,8,15H,3,6-7,9-10H2,1H3,(H,16,18). The van der Waals surface area contributed by atoms with Crippen LogP contribution in [0.25, 0.3) is 0 Å². The fourth-order valence-electron chi connectivity index (χ4n) is 2.43. The maximum atomic E-state index is 12.1. The highest BCUT2D eigenvalue weighted by atomic mass is 16.6. The van der Waals surface area contributed by atoms with Crippen molar-refractivity contribution in [2.45, 2.75) is 19.8 Å². The minimum Gasteiger partial charge on any atom is -0.351 e. The Morgan fingerprint density at radius 1 is 1.55 bits per heavy atom. The van der Waals surface area contributed by atoms with Crippen molar-refractivity contribution in [3.05, 3.63) is 39.9 Å². The fraction of sp³-hybridized carbons (Fsp3) is 0.500. The van der Waals surface area contributed by atoms with Crippen LogP contribution in [0.4, 0.5) is 5.69 Å². The molecule has 1 atom stereocenters. The van der Waals surface area contributed by atoms with Crippen molar-refractivity contribution in [3.8, 4) is 0 Å². The quantitative estimate of drug-likeness (QED) is 0.648. The molecule has 1 aromatic rings. The summed E-state index contributed by atoms with van der Waals surface area (Å²) in [6.07, 6.45) is 2.17. The summed E-state index contributed by atoms with van der Waals surface area (Å²) < 4.78 is 0. The lowest BCUT2D eigenvalue weighted by Gasteiger charge is -2.34. The summed E-state index contributed by atoms with van der Waals surface area (Å²) in [5.74, 6) is -0.263. The van der Waals surface area contributed by atoms with Gasteiger partial charge in [0.15, 0.2) is 0 Å². The van der Waals surface area contributed by atoms with Crippen LogP contribution in [0.5, 0.6) is 0 Å². The number of hydrogen-bond acceptors (Lipinski definition) is 4. The minimum absolute atomic E-state index is 0.0502. The molecule has 1 aromatic carbocycles. The van der Waals surface area contributed by atoms with E-state index in [1.54, 1.807) is 6.07 Å². The van der Waals surface area contributed by atoms with Gasteiger partial charge in [-0.05, 0) is 30.9 Å². The molecule has 0 spiro atoms. The molecular weight excluding hydrogens is 258 g/mol. The molecule has 1 aliphatic rings. The molecular formula is C14H19N3O3. The van der Waals surface area contributed by atoms with Gasteiger partial charge >= 0.3 is 0 Å². The number of nitro benzene ring substituents is 1. The number of non-ortho nitro benzene ring substituents is 1. The lowest BCUT2D eigenvalue weighted by atomic mass is 9.83. The predicted octanol–water partition coefficient (Wildman–Crippen LogP) is 1.71. The maximum Gasteiger partial charge on any atom is 0.270 e. The van der Waals surface area contributed by atoms with E-state index in [4.69, 9.17) is 0 Å². The van der Waals surface area contributed by atoms with Crippen molar-refractivity contribution in [2.75, 3.05) is 19.6 Å². The first-order valence-corrected chi connectivity index (χ1v) is 6.74. The van der Waals surface area contributed by atoms with Crippen molar-refractivity contribution < 1.29 is 9.72 Å². The Morgan fingerprint density at radius 3 is 3.00 bits per heavy atom. The maximum absolute atomic E-state index is 12.1. The largest absolute Gasteiger partial charge is 0.351 e. The summed E-state index contributed by atoms with van der Waals surface area (Å²) >= 11 is 0. The molecule has 0 bridgehead atoms. The highest BCUT2D eigenvalue weighted by Gasteiger charge is 2.27. The first-order chi connectivity index (χ1) is 9.50. The minimum atomic E-state index is -0.497. The first kappa shape index (κ1) is 14.5.